The quantitative estimate of drug-likeness (QED) is 0.183. The summed E-state index contributed by atoms with van der Waals surface area (Å²) in [7, 11) is 0. The first-order valence-corrected chi connectivity index (χ1v) is 13.5. The summed E-state index contributed by atoms with van der Waals surface area (Å²) in [5, 5.41) is 12.0. The van der Waals surface area contributed by atoms with Gasteiger partial charge in [0.25, 0.3) is 0 Å². The number of nitrogens with zero attached hydrogens (tertiary/aromatic N) is 1. The van der Waals surface area contributed by atoms with Crippen LogP contribution in [0.5, 0.6) is 0 Å². The summed E-state index contributed by atoms with van der Waals surface area (Å²) in [4.78, 5) is 4.34. The second-order valence-electron chi connectivity index (χ2n) is 9.45. The summed E-state index contributed by atoms with van der Waals surface area (Å²) in [6, 6.07) is 11.7. The minimum absolute atomic E-state index is 0.213. The van der Waals surface area contributed by atoms with Crippen molar-refractivity contribution < 1.29 is 4.39 Å². The fourth-order valence-corrected chi connectivity index (χ4v) is 5.38. The van der Waals surface area contributed by atoms with Crippen LogP contribution in [0.4, 0.5) is 4.39 Å². The lowest BCUT2D eigenvalue weighted by molar-refractivity contribution is 0.657. The molecule has 0 aliphatic heterocycles. The fraction of sp³-hybridized carbons (Fsp3) is 0.156. The second kappa shape index (κ2) is 10.7. The number of rotatable bonds is 10. The van der Waals surface area contributed by atoms with Gasteiger partial charge in [0, 0.05) is 38.5 Å². The van der Waals surface area contributed by atoms with Crippen molar-refractivity contribution in [3.05, 3.63) is 125 Å². The van der Waals surface area contributed by atoms with Gasteiger partial charge in [0.15, 0.2) is 5.13 Å². The van der Waals surface area contributed by atoms with Crippen LogP contribution in [0.3, 0.4) is 0 Å². The molecule has 4 aromatic rings. The highest BCUT2D eigenvalue weighted by Crippen LogP contribution is 2.36. The van der Waals surface area contributed by atoms with Crippen LogP contribution in [-0.4, -0.2) is 15.2 Å². The van der Waals surface area contributed by atoms with E-state index < -0.39 is 0 Å². The standard InChI is InChI=1S/C32H31FN4S/c1-6-9-25(30-14-15-31(33)38-30)26-18-29(35-20(26)5)32-27-17-23(12-13-28(27)36-37-32)21(7-2)16-24(8-3)34-19(4)22-10-11-22/h6-9,12-18,22,34-35H,1,3-4,10-11H2,2,5H3,(H,36,37)/b21-7+,24-16+,25-9+. The number of hydrogen-bond donors (Lipinski definition) is 3. The van der Waals surface area contributed by atoms with E-state index in [0.29, 0.717) is 5.92 Å². The minimum atomic E-state index is -0.213. The lowest BCUT2D eigenvalue weighted by atomic mass is 10.0. The van der Waals surface area contributed by atoms with Gasteiger partial charge in [-0.2, -0.15) is 9.49 Å². The fourth-order valence-electron chi connectivity index (χ4n) is 4.61. The first-order chi connectivity index (χ1) is 18.4. The molecule has 1 aliphatic carbocycles. The molecule has 38 heavy (non-hydrogen) atoms. The zero-order valence-corrected chi connectivity index (χ0v) is 22.5. The Kier molecular flexibility index (Phi) is 7.16. The van der Waals surface area contributed by atoms with Crippen LogP contribution in [0.2, 0.25) is 0 Å². The van der Waals surface area contributed by atoms with Gasteiger partial charge in [0.2, 0.25) is 0 Å². The zero-order chi connectivity index (χ0) is 26.8. The van der Waals surface area contributed by atoms with Crippen molar-refractivity contribution in [2.24, 2.45) is 5.92 Å². The summed E-state index contributed by atoms with van der Waals surface area (Å²) in [5.41, 5.74) is 9.68. The Balaban J connectivity index is 1.51. The van der Waals surface area contributed by atoms with E-state index in [0.717, 1.165) is 77.9 Å². The molecular weight excluding hydrogens is 491 g/mol. The van der Waals surface area contributed by atoms with Crippen LogP contribution in [0.15, 0.2) is 97.9 Å². The monoisotopic (exact) mass is 522 g/mol. The van der Waals surface area contributed by atoms with Gasteiger partial charge >= 0.3 is 0 Å². The Hall–Kier alpha value is -4.16. The molecule has 192 valence electrons. The number of H-pyrrole nitrogens is 2. The van der Waals surface area contributed by atoms with E-state index >= 15 is 0 Å². The molecule has 0 radical (unpaired) electrons. The van der Waals surface area contributed by atoms with Crippen molar-refractivity contribution in [3.63, 3.8) is 0 Å². The third kappa shape index (κ3) is 5.13. The number of allylic oxidation sites excluding steroid dienone is 7. The Bertz CT molecular complexity index is 1630. The number of fused-ring (bicyclic) bond motifs is 1. The average Bonchev–Trinajstić information content (AvgIpc) is 3.38. The van der Waals surface area contributed by atoms with Crippen molar-refractivity contribution in [1.29, 1.82) is 0 Å². The van der Waals surface area contributed by atoms with Crippen LogP contribution in [0, 0.1) is 18.0 Å². The van der Waals surface area contributed by atoms with Gasteiger partial charge in [-0.1, -0.05) is 44.0 Å². The number of halogens is 1. The molecule has 3 N–H and O–H groups in total. The first-order valence-electron chi connectivity index (χ1n) is 12.6. The molecule has 1 aliphatic rings. The smallest absolute Gasteiger partial charge is 0.176 e. The number of benzene rings is 1. The number of thiophene rings is 1. The maximum Gasteiger partial charge on any atom is 0.176 e. The lowest BCUT2D eigenvalue weighted by Crippen LogP contribution is -2.11. The van der Waals surface area contributed by atoms with Crippen LogP contribution in [-0.2, 0) is 0 Å². The van der Waals surface area contributed by atoms with E-state index in [-0.39, 0.29) is 5.13 Å². The Morgan fingerprint density at radius 2 is 2.00 bits per heavy atom. The highest BCUT2D eigenvalue weighted by atomic mass is 32.1. The van der Waals surface area contributed by atoms with Gasteiger partial charge in [-0.15, -0.1) is 11.3 Å². The van der Waals surface area contributed by atoms with E-state index in [1.807, 2.05) is 26.0 Å². The minimum Gasteiger partial charge on any atom is -0.359 e. The van der Waals surface area contributed by atoms with E-state index in [1.54, 1.807) is 12.1 Å². The molecule has 1 aromatic carbocycles. The highest BCUT2D eigenvalue weighted by Gasteiger charge is 2.24. The molecule has 3 aromatic heterocycles. The first kappa shape index (κ1) is 25.5. The van der Waals surface area contributed by atoms with Crippen molar-refractivity contribution in [2.45, 2.75) is 26.7 Å². The summed E-state index contributed by atoms with van der Waals surface area (Å²) in [6.07, 6.45) is 12.1. The summed E-state index contributed by atoms with van der Waals surface area (Å²) in [5.74, 6) is 0.562. The van der Waals surface area contributed by atoms with E-state index in [2.05, 4.69) is 76.7 Å². The molecule has 0 saturated heterocycles. The van der Waals surface area contributed by atoms with Gasteiger partial charge in [-0.25, -0.2) is 0 Å². The molecule has 0 amide bonds. The van der Waals surface area contributed by atoms with Gasteiger partial charge in [-0.05, 0) is 86.2 Å². The number of aromatic amines is 2. The third-order valence-corrected chi connectivity index (χ3v) is 7.70. The van der Waals surface area contributed by atoms with Crippen molar-refractivity contribution >= 4 is 33.4 Å². The lowest BCUT2D eigenvalue weighted by Gasteiger charge is -2.11. The number of hydrogen-bond acceptors (Lipinski definition) is 3. The Morgan fingerprint density at radius 1 is 1.18 bits per heavy atom. The van der Waals surface area contributed by atoms with Crippen LogP contribution >= 0.6 is 11.3 Å². The molecule has 6 heteroatoms. The van der Waals surface area contributed by atoms with Crippen LogP contribution in [0.25, 0.3) is 33.4 Å². The summed E-state index contributed by atoms with van der Waals surface area (Å²) in [6.45, 7) is 16.1. The topological polar surface area (TPSA) is 56.5 Å². The van der Waals surface area contributed by atoms with Gasteiger partial charge in [-0.3, -0.25) is 5.10 Å². The normalized spacial score (nSPS) is 14.7. The molecule has 0 atom stereocenters. The molecule has 4 nitrogen and oxygen atoms in total. The van der Waals surface area contributed by atoms with Crippen molar-refractivity contribution in [1.82, 2.24) is 20.5 Å². The third-order valence-electron chi connectivity index (χ3n) is 6.80. The SMILES string of the molecule is C=C/C=C(/c1ccc(F)s1)c1cc(-c2n[nH]c3ccc(C(/C=C(\C=C)NC(=C)C4CC4)=C/C)cc23)[nH]c1C. The molecule has 1 fully saturated rings. The largest absolute Gasteiger partial charge is 0.359 e. The maximum atomic E-state index is 13.8. The molecule has 0 unspecified atom stereocenters. The second-order valence-corrected chi connectivity index (χ2v) is 10.5. The van der Waals surface area contributed by atoms with Crippen LogP contribution < -0.4 is 5.32 Å². The molecule has 0 bridgehead atoms. The Labute approximate surface area is 226 Å². The highest BCUT2D eigenvalue weighted by molar-refractivity contribution is 7.11. The number of aromatic nitrogens is 3. The number of nitrogens with one attached hydrogen (secondary N) is 3. The summed E-state index contributed by atoms with van der Waals surface area (Å²) >= 11 is 1.12. The summed E-state index contributed by atoms with van der Waals surface area (Å²) < 4.78 is 13.8. The van der Waals surface area contributed by atoms with Gasteiger partial charge in [0.1, 0.15) is 5.69 Å². The van der Waals surface area contributed by atoms with Crippen LogP contribution in [0.1, 0.15) is 41.5 Å². The predicted octanol–water partition coefficient (Wildman–Crippen LogP) is 8.67. The molecule has 1 saturated carbocycles. The van der Waals surface area contributed by atoms with Gasteiger partial charge in [0.05, 0.1) is 11.2 Å². The predicted molar refractivity (Wildman–Crippen MR) is 159 cm³/mol. The Morgan fingerprint density at radius 3 is 2.66 bits per heavy atom. The van der Waals surface area contributed by atoms with Crippen molar-refractivity contribution in [3.8, 4) is 11.4 Å². The molecular formula is C32H31FN4S. The zero-order valence-electron chi connectivity index (χ0n) is 21.7. The van der Waals surface area contributed by atoms with Gasteiger partial charge < -0.3 is 10.3 Å². The van der Waals surface area contributed by atoms with E-state index in [1.165, 1.54) is 18.9 Å². The van der Waals surface area contributed by atoms with Crippen molar-refractivity contribution in [2.75, 3.05) is 0 Å². The average molecular weight is 523 g/mol. The number of aryl methyl sites for hydroxylation is 1. The maximum absolute atomic E-state index is 13.8. The molecule has 5 rings (SSSR count). The molecule has 0 spiro atoms. The van der Waals surface area contributed by atoms with E-state index in [4.69, 9.17) is 0 Å². The van der Waals surface area contributed by atoms with E-state index in [9.17, 15) is 4.39 Å². The molecule has 3 heterocycles.